The Kier molecular flexibility index (Phi) is 8.41. The standard InChI is InChI=1S/C24H25IN2O5S/c1-5-31-19-11-16(10-17(25)22(19)32-6-2)12-20-23(29)27(24(30)33-20)13-21(28)26-18-9-14(3)7-8-15(18)4/h7-12H,5-6,13H2,1-4H3,(H,26,28)/b20-12+. The summed E-state index contributed by atoms with van der Waals surface area (Å²) in [6, 6.07) is 9.34. The number of amides is 3. The van der Waals surface area contributed by atoms with Crippen LogP contribution in [0.5, 0.6) is 11.5 Å². The number of ether oxygens (including phenoxy) is 2. The normalized spacial score (nSPS) is 14.7. The van der Waals surface area contributed by atoms with E-state index in [2.05, 4.69) is 27.9 Å². The predicted octanol–water partition coefficient (Wildman–Crippen LogP) is 5.38. The molecule has 0 spiro atoms. The van der Waals surface area contributed by atoms with Crippen LogP contribution in [0, 0.1) is 17.4 Å². The number of nitrogens with zero attached hydrogens (tertiary/aromatic N) is 1. The lowest BCUT2D eigenvalue weighted by Crippen LogP contribution is -2.36. The fourth-order valence-electron chi connectivity index (χ4n) is 3.21. The quantitative estimate of drug-likeness (QED) is 0.334. The van der Waals surface area contributed by atoms with Crippen LogP contribution in [0.3, 0.4) is 0 Å². The number of hydrogen-bond acceptors (Lipinski definition) is 6. The maximum absolute atomic E-state index is 12.9. The number of thioether (sulfide) groups is 1. The fourth-order valence-corrected chi connectivity index (χ4v) is 4.83. The highest BCUT2D eigenvalue weighted by Gasteiger charge is 2.36. The Hall–Kier alpha value is -2.53. The second-order valence-electron chi connectivity index (χ2n) is 7.33. The van der Waals surface area contributed by atoms with Crippen molar-refractivity contribution in [3.8, 4) is 11.5 Å². The monoisotopic (exact) mass is 580 g/mol. The predicted molar refractivity (Wildman–Crippen MR) is 139 cm³/mol. The van der Waals surface area contributed by atoms with E-state index < -0.39 is 17.1 Å². The van der Waals surface area contributed by atoms with Gasteiger partial charge in [0, 0.05) is 5.69 Å². The van der Waals surface area contributed by atoms with E-state index in [-0.39, 0.29) is 11.4 Å². The van der Waals surface area contributed by atoms with Gasteiger partial charge in [-0.25, -0.2) is 0 Å². The summed E-state index contributed by atoms with van der Waals surface area (Å²) in [6.07, 6.45) is 1.63. The Labute approximate surface area is 211 Å². The van der Waals surface area contributed by atoms with Crippen molar-refractivity contribution in [2.75, 3.05) is 25.1 Å². The van der Waals surface area contributed by atoms with Crippen LogP contribution in [0.2, 0.25) is 0 Å². The van der Waals surface area contributed by atoms with Crippen molar-refractivity contribution in [3.05, 3.63) is 55.5 Å². The first kappa shape index (κ1) is 25.1. The van der Waals surface area contributed by atoms with Gasteiger partial charge in [0.05, 0.1) is 21.7 Å². The second kappa shape index (κ2) is 11.1. The van der Waals surface area contributed by atoms with Gasteiger partial charge in [0.25, 0.3) is 11.1 Å². The molecule has 1 saturated heterocycles. The maximum Gasteiger partial charge on any atom is 0.294 e. The molecule has 0 atom stereocenters. The fraction of sp³-hybridized carbons (Fsp3) is 0.292. The highest BCUT2D eigenvalue weighted by atomic mass is 127. The topological polar surface area (TPSA) is 84.9 Å². The molecule has 1 fully saturated rings. The average molecular weight is 580 g/mol. The lowest BCUT2D eigenvalue weighted by Gasteiger charge is -2.14. The maximum atomic E-state index is 12.9. The highest BCUT2D eigenvalue weighted by Crippen LogP contribution is 2.37. The molecule has 1 aliphatic rings. The van der Waals surface area contributed by atoms with Crippen molar-refractivity contribution >= 4 is 63.2 Å². The first-order chi connectivity index (χ1) is 15.7. The smallest absolute Gasteiger partial charge is 0.294 e. The molecule has 0 saturated carbocycles. The van der Waals surface area contributed by atoms with Crippen molar-refractivity contribution in [2.24, 2.45) is 0 Å². The Bertz CT molecular complexity index is 1130. The van der Waals surface area contributed by atoms with Crippen LogP contribution in [0.1, 0.15) is 30.5 Å². The summed E-state index contributed by atoms with van der Waals surface area (Å²) in [5.74, 6) is 0.294. The number of imide groups is 1. The third-order valence-electron chi connectivity index (χ3n) is 4.76. The van der Waals surface area contributed by atoms with Gasteiger partial charge in [-0.05, 0) is 103 Å². The number of anilines is 1. The van der Waals surface area contributed by atoms with Gasteiger partial charge >= 0.3 is 0 Å². The molecule has 1 heterocycles. The first-order valence-corrected chi connectivity index (χ1v) is 12.3. The molecular formula is C24H25IN2O5S. The van der Waals surface area contributed by atoms with Crippen molar-refractivity contribution in [1.29, 1.82) is 0 Å². The Balaban J connectivity index is 1.78. The van der Waals surface area contributed by atoms with Crippen molar-refractivity contribution in [2.45, 2.75) is 27.7 Å². The van der Waals surface area contributed by atoms with Gasteiger partial charge in [0.15, 0.2) is 11.5 Å². The number of hydrogen-bond donors (Lipinski definition) is 1. The number of rotatable bonds is 8. The number of carbonyl (C=O) groups is 3. The van der Waals surface area contributed by atoms with Gasteiger partial charge in [-0.2, -0.15) is 0 Å². The molecule has 2 aromatic carbocycles. The average Bonchev–Trinajstić information content (AvgIpc) is 3.00. The van der Waals surface area contributed by atoms with Crippen LogP contribution in [0.25, 0.3) is 6.08 Å². The van der Waals surface area contributed by atoms with Crippen molar-refractivity contribution < 1.29 is 23.9 Å². The second-order valence-corrected chi connectivity index (χ2v) is 9.49. The third kappa shape index (κ3) is 6.08. The van der Waals surface area contributed by atoms with Gasteiger partial charge in [0.1, 0.15) is 6.54 Å². The van der Waals surface area contributed by atoms with Crippen LogP contribution in [-0.2, 0) is 9.59 Å². The lowest BCUT2D eigenvalue weighted by atomic mass is 10.1. The summed E-state index contributed by atoms with van der Waals surface area (Å²) in [4.78, 5) is 39.1. The molecule has 0 radical (unpaired) electrons. The zero-order valence-electron chi connectivity index (χ0n) is 18.9. The summed E-state index contributed by atoms with van der Waals surface area (Å²) in [7, 11) is 0. The van der Waals surface area contributed by atoms with Crippen LogP contribution in [0.15, 0.2) is 35.2 Å². The molecule has 174 valence electrons. The van der Waals surface area contributed by atoms with E-state index in [0.29, 0.717) is 36.0 Å². The van der Waals surface area contributed by atoms with E-state index in [1.165, 1.54) is 0 Å². The molecule has 0 aliphatic carbocycles. The Morgan fingerprint density at radius 1 is 1.12 bits per heavy atom. The minimum atomic E-state index is -0.497. The van der Waals surface area contributed by atoms with E-state index in [9.17, 15) is 14.4 Å². The molecule has 0 unspecified atom stereocenters. The number of nitrogens with one attached hydrogen (secondary N) is 1. The minimum absolute atomic E-state index is 0.252. The number of aryl methyl sites for hydroxylation is 2. The van der Waals surface area contributed by atoms with Gasteiger partial charge in [0.2, 0.25) is 5.91 Å². The SMILES string of the molecule is CCOc1cc(/C=C2/SC(=O)N(CC(=O)Nc3cc(C)ccc3C)C2=O)cc(I)c1OCC. The van der Waals surface area contributed by atoms with Crippen LogP contribution in [0.4, 0.5) is 10.5 Å². The summed E-state index contributed by atoms with van der Waals surface area (Å²) < 4.78 is 12.2. The molecule has 3 rings (SSSR count). The molecule has 0 aromatic heterocycles. The van der Waals surface area contributed by atoms with Gasteiger partial charge in [-0.15, -0.1) is 0 Å². The highest BCUT2D eigenvalue weighted by molar-refractivity contribution is 14.1. The van der Waals surface area contributed by atoms with E-state index in [1.54, 1.807) is 12.1 Å². The minimum Gasteiger partial charge on any atom is -0.490 e. The largest absolute Gasteiger partial charge is 0.490 e. The molecule has 33 heavy (non-hydrogen) atoms. The van der Waals surface area contributed by atoms with Crippen LogP contribution < -0.4 is 14.8 Å². The van der Waals surface area contributed by atoms with E-state index in [4.69, 9.17) is 9.47 Å². The number of carbonyl (C=O) groups excluding carboxylic acids is 3. The third-order valence-corrected chi connectivity index (χ3v) is 6.47. The Morgan fingerprint density at radius 3 is 2.55 bits per heavy atom. The molecule has 0 bridgehead atoms. The number of benzene rings is 2. The molecule has 7 nitrogen and oxygen atoms in total. The Morgan fingerprint density at radius 2 is 1.85 bits per heavy atom. The zero-order valence-corrected chi connectivity index (χ0v) is 21.8. The van der Waals surface area contributed by atoms with E-state index in [1.807, 2.05) is 52.0 Å². The lowest BCUT2D eigenvalue weighted by molar-refractivity contribution is -0.127. The van der Waals surface area contributed by atoms with Gasteiger partial charge < -0.3 is 14.8 Å². The summed E-state index contributed by atoms with van der Waals surface area (Å²) in [6.45, 7) is 8.20. The summed E-state index contributed by atoms with van der Waals surface area (Å²) in [5.41, 5.74) is 3.27. The van der Waals surface area contributed by atoms with Crippen molar-refractivity contribution in [1.82, 2.24) is 4.90 Å². The summed E-state index contributed by atoms with van der Waals surface area (Å²) >= 11 is 2.96. The molecule has 1 aliphatic heterocycles. The number of halogens is 1. The van der Waals surface area contributed by atoms with E-state index >= 15 is 0 Å². The van der Waals surface area contributed by atoms with Gasteiger partial charge in [-0.3, -0.25) is 19.3 Å². The molecular weight excluding hydrogens is 555 g/mol. The van der Waals surface area contributed by atoms with Crippen LogP contribution >= 0.6 is 34.4 Å². The molecule has 3 amide bonds. The van der Waals surface area contributed by atoms with Crippen LogP contribution in [-0.4, -0.2) is 41.7 Å². The molecule has 2 aromatic rings. The molecule has 1 N–H and O–H groups in total. The first-order valence-electron chi connectivity index (χ1n) is 10.4. The van der Waals surface area contributed by atoms with Gasteiger partial charge in [-0.1, -0.05) is 12.1 Å². The van der Waals surface area contributed by atoms with Crippen molar-refractivity contribution in [3.63, 3.8) is 0 Å². The molecule has 9 heteroatoms. The zero-order chi connectivity index (χ0) is 24.1. The summed E-state index contributed by atoms with van der Waals surface area (Å²) in [5, 5.41) is 2.31. The van der Waals surface area contributed by atoms with E-state index in [0.717, 1.165) is 31.4 Å².